The molecule has 0 spiro atoms. The lowest BCUT2D eigenvalue weighted by atomic mass is 10.1. The average molecular weight is 501 g/mol. The van der Waals surface area contributed by atoms with Crippen molar-refractivity contribution in [1.82, 2.24) is 9.55 Å². The zero-order chi connectivity index (χ0) is 18.3. The van der Waals surface area contributed by atoms with Gasteiger partial charge in [0.25, 0.3) is 0 Å². The number of imidazole rings is 1. The third-order valence-corrected chi connectivity index (χ3v) is 6.37. The summed E-state index contributed by atoms with van der Waals surface area (Å²) in [5, 5.41) is 11.4. The zero-order valence-electron chi connectivity index (χ0n) is 13.3. The molecule has 3 aromatic rings. The van der Waals surface area contributed by atoms with Crippen LogP contribution in [0.2, 0.25) is 5.02 Å². The quantitative estimate of drug-likeness (QED) is 0.553. The van der Waals surface area contributed by atoms with Crippen LogP contribution in [0.15, 0.2) is 51.7 Å². The Bertz CT molecular complexity index is 963. The highest BCUT2D eigenvalue weighted by Crippen LogP contribution is 2.38. The molecular formula is C18H13Br2ClN2O3. The van der Waals surface area contributed by atoms with E-state index in [2.05, 4.69) is 36.8 Å². The van der Waals surface area contributed by atoms with Crippen LogP contribution >= 0.6 is 43.5 Å². The van der Waals surface area contributed by atoms with Crippen molar-refractivity contribution >= 4 is 43.5 Å². The van der Waals surface area contributed by atoms with Gasteiger partial charge in [-0.1, -0.05) is 41.9 Å². The van der Waals surface area contributed by atoms with Crippen LogP contribution in [-0.2, 0) is 6.54 Å². The van der Waals surface area contributed by atoms with Gasteiger partial charge in [-0.05, 0) is 49.1 Å². The number of aromatic nitrogens is 2. The van der Waals surface area contributed by atoms with Gasteiger partial charge < -0.3 is 19.1 Å². The van der Waals surface area contributed by atoms with Crippen molar-refractivity contribution in [1.29, 1.82) is 0 Å². The molecule has 0 amide bonds. The molecule has 1 aliphatic rings. The van der Waals surface area contributed by atoms with Crippen LogP contribution in [0.5, 0.6) is 11.5 Å². The van der Waals surface area contributed by atoms with Crippen LogP contribution in [0.3, 0.4) is 0 Å². The summed E-state index contributed by atoms with van der Waals surface area (Å²) in [6.07, 6.45) is -0.869. The standard InChI is InChI=1S/C18H13Br2ClN2O3/c19-16-17(20)23(18(22-16)15(24)10-4-2-1-3-5-10)8-11-6-13-14(7-12(11)21)26-9-25-13/h1-7,15,24H,8-9H2. The number of rotatable bonds is 4. The number of fused-ring (bicyclic) bond motifs is 1. The summed E-state index contributed by atoms with van der Waals surface area (Å²) in [6.45, 7) is 0.599. The highest BCUT2D eigenvalue weighted by atomic mass is 79.9. The van der Waals surface area contributed by atoms with E-state index in [1.807, 2.05) is 41.0 Å². The normalized spacial score (nSPS) is 13.8. The Hall–Kier alpha value is -1.54. The molecule has 0 aliphatic carbocycles. The zero-order valence-corrected chi connectivity index (χ0v) is 17.3. The molecule has 5 nitrogen and oxygen atoms in total. The number of nitrogens with zero attached hydrogens (tertiary/aromatic N) is 2. The van der Waals surface area contributed by atoms with Crippen molar-refractivity contribution in [3.05, 3.63) is 73.6 Å². The molecule has 4 rings (SSSR count). The maximum Gasteiger partial charge on any atom is 0.231 e. The first-order chi connectivity index (χ1) is 12.5. The highest BCUT2D eigenvalue weighted by molar-refractivity contribution is 9.13. The van der Waals surface area contributed by atoms with Gasteiger partial charge in [0.2, 0.25) is 6.79 Å². The predicted octanol–water partition coefficient (Wildman–Crippen LogP) is 4.92. The van der Waals surface area contributed by atoms with Gasteiger partial charge in [-0.15, -0.1) is 0 Å². The van der Waals surface area contributed by atoms with Crippen LogP contribution in [0.4, 0.5) is 0 Å². The summed E-state index contributed by atoms with van der Waals surface area (Å²) in [7, 11) is 0. The smallest absolute Gasteiger partial charge is 0.231 e. The SMILES string of the molecule is OC(c1ccccc1)c1nc(Br)c(Br)n1Cc1cc2c(cc1Cl)OCO2. The molecular weight excluding hydrogens is 487 g/mol. The molecule has 1 N–H and O–H groups in total. The highest BCUT2D eigenvalue weighted by Gasteiger charge is 2.23. The Kier molecular flexibility index (Phi) is 4.96. The van der Waals surface area contributed by atoms with Gasteiger partial charge in [-0.25, -0.2) is 4.98 Å². The van der Waals surface area contributed by atoms with Gasteiger partial charge >= 0.3 is 0 Å². The molecule has 134 valence electrons. The molecule has 0 radical (unpaired) electrons. The van der Waals surface area contributed by atoms with Gasteiger partial charge in [0.1, 0.15) is 21.1 Å². The Labute approximate surface area is 171 Å². The first-order valence-corrected chi connectivity index (χ1v) is 9.73. The monoisotopic (exact) mass is 498 g/mol. The number of benzene rings is 2. The molecule has 0 bridgehead atoms. The van der Waals surface area contributed by atoms with E-state index in [0.29, 0.717) is 33.5 Å². The Morgan fingerprint density at radius 2 is 1.85 bits per heavy atom. The Balaban J connectivity index is 1.73. The second-order valence-electron chi connectivity index (χ2n) is 5.75. The second kappa shape index (κ2) is 7.23. The maximum absolute atomic E-state index is 10.8. The van der Waals surface area contributed by atoms with Crippen molar-refractivity contribution in [2.75, 3.05) is 6.79 Å². The molecule has 1 aliphatic heterocycles. The van der Waals surface area contributed by atoms with Crippen LogP contribution in [-0.4, -0.2) is 21.5 Å². The van der Waals surface area contributed by atoms with Gasteiger partial charge in [0.15, 0.2) is 11.5 Å². The molecule has 2 heterocycles. The molecule has 2 aromatic carbocycles. The molecule has 1 atom stereocenters. The topological polar surface area (TPSA) is 56.5 Å². The molecule has 0 saturated heterocycles. The predicted molar refractivity (Wildman–Crippen MR) is 105 cm³/mol. The summed E-state index contributed by atoms with van der Waals surface area (Å²) in [5.41, 5.74) is 1.60. The van der Waals surface area contributed by atoms with Crippen LogP contribution < -0.4 is 9.47 Å². The number of halogens is 3. The van der Waals surface area contributed by atoms with Gasteiger partial charge in [0.05, 0.1) is 6.54 Å². The lowest BCUT2D eigenvalue weighted by molar-refractivity contribution is 0.174. The van der Waals surface area contributed by atoms with E-state index in [0.717, 1.165) is 15.7 Å². The van der Waals surface area contributed by atoms with E-state index < -0.39 is 6.10 Å². The van der Waals surface area contributed by atoms with Crippen molar-refractivity contribution < 1.29 is 14.6 Å². The van der Waals surface area contributed by atoms with E-state index >= 15 is 0 Å². The minimum Gasteiger partial charge on any atom is -0.454 e. The van der Waals surface area contributed by atoms with Crippen molar-refractivity contribution in [3.8, 4) is 11.5 Å². The summed E-state index contributed by atoms with van der Waals surface area (Å²) in [6, 6.07) is 13.0. The first-order valence-electron chi connectivity index (χ1n) is 7.77. The van der Waals surface area contributed by atoms with E-state index in [1.54, 1.807) is 6.07 Å². The molecule has 8 heteroatoms. The molecule has 1 aromatic heterocycles. The van der Waals surface area contributed by atoms with Crippen molar-refractivity contribution in [2.24, 2.45) is 0 Å². The van der Waals surface area contributed by atoms with Crippen LogP contribution in [0.1, 0.15) is 23.1 Å². The third-order valence-electron chi connectivity index (χ3n) is 4.13. The summed E-state index contributed by atoms with van der Waals surface area (Å²) < 4.78 is 14.0. The largest absolute Gasteiger partial charge is 0.454 e. The van der Waals surface area contributed by atoms with E-state index in [-0.39, 0.29) is 6.79 Å². The molecule has 0 fully saturated rings. The van der Waals surface area contributed by atoms with Gasteiger partial charge in [-0.3, -0.25) is 0 Å². The maximum atomic E-state index is 10.8. The Morgan fingerprint density at radius 1 is 1.15 bits per heavy atom. The first kappa shape index (κ1) is 17.9. The van der Waals surface area contributed by atoms with Crippen LogP contribution in [0.25, 0.3) is 0 Å². The summed E-state index contributed by atoms with van der Waals surface area (Å²) >= 11 is 13.4. The van der Waals surface area contributed by atoms with Crippen molar-refractivity contribution in [3.63, 3.8) is 0 Å². The number of aliphatic hydroxyl groups excluding tert-OH is 1. The van der Waals surface area contributed by atoms with E-state index in [4.69, 9.17) is 21.1 Å². The van der Waals surface area contributed by atoms with E-state index in [1.165, 1.54) is 0 Å². The minimum absolute atomic E-state index is 0.188. The fourth-order valence-corrected chi connectivity index (χ4v) is 3.82. The van der Waals surface area contributed by atoms with Crippen LogP contribution in [0, 0.1) is 0 Å². The number of hydrogen-bond donors (Lipinski definition) is 1. The lowest BCUT2D eigenvalue weighted by Gasteiger charge is -2.15. The fourth-order valence-electron chi connectivity index (χ4n) is 2.81. The molecule has 1 unspecified atom stereocenters. The third kappa shape index (κ3) is 3.24. The summed E-state index contributed by atoms with van der Waals surface area (Å²) in [5.74, 6) is 1.79. The summed E-state index contributed by atoms with van der Waals surface area (Å²) in [4.78, 5) is 4.47. The van der Waals surface area contributed by atoms with E-state index in [9.17, 15) is 5.11 Å². The molecule has 0 saturated carbocycles. The second-order valence-corrected chi connectivity index (χ2v) is 7.66. The number of aliphatic hydroxyl groups is 1. The average Bonchev–Trinajstić information content (AvgIpc) is 3.21. The Morgan fingerprint density at radius 3 is 2.58 bits per heavy atom. The molecule has 26 heavy (non-hydrogen) atoms. The number of hydrogen-bond acceptors (Lipinski definition) is 4. The number of ether oxygens (including phenoxy) is 2. The van der Waals surface area contributed by atoms with Gasteiger partial charge in [-0.2, -0.15) is 0 Å². The lowest BCUT2D eigenvalue weighted by Crippen LogP contribution is -2.11. The fraction of sp³-hybridized carbons (Fsp3) is 0.167. The van der Waals surface area contributed by atoms with Crippen molar-refractivity contribution in [2.45, 2.75) is 12.6 Å². The van der Waals surface area contributed by atoms with Gasteiger partial charge in [0, 0.05) is 11.1 Å². The minimum atomic E-state index is -0.869.